The zero-order chi connectivity index (χ0) is 16.1. The lowest BCUT2D eigenvalue weighted by Crippen LogP contribution is -2.44. The van der Waals surface area contributed by atoms with E-state index in [1.165, 1.54) is 0 Å². The maximum absolute atomic E-state index is 11.9. The Morgan fingerprint density at radius 1 is 1.42 bits per heavy atom. The van der Waals surface area contributed by atoms with Gasteiger partial charge in [-0.3, -0.25) is 14.8 Å². The van der Waals surface area contributed by atoms with Gasteiger partial charge in [-0.15, -0.1) is 11.8 Å². The zero-order valence-corrected chi connectivity index (χ0v) is 13.5. The van der Waals surface area contributed by atoms with Crippen LogP contribution in [0.4, 0.5) is 11.4 Å². The molecule has 1 saturated heterocycles. The molecule has 0 radical (unpaired) electrons. The number of rotatable bonds is 0. The fourth-order valence-corrected chi connectivity index (χ4v) is 5.99. The second-order valence-electron chi connectivity index (χ2n) is 6.76. The van der Waals surface area contributed by atoms with Crippen LogP contribution in [-0.4, -0.2) is 29.0 Å². The van der Waals surface area contributed by atoms with Gasteiger partial charge in [-0.1, -0.05) is 6.08 Å². The van der Waals surface area contributed by atoms with Crippen molar-refractivity contribution >= 4 is 40.7 Å². The highest BCUT2D eigenvalue weighted by atomic mass is 32.2. The van der Waals surface area contributed by atoms with Gasteiger partial charge in [0.05, 0.1) is 21.8 Å². The number of anilines is 1. The highest BCUT2D eigenvalue weighted by Crippen LogP contribution is 2.60. The molecule has 1 aliphatic carbocycles. The first-order valence-electron chi connectivity index (χ1n) is 8.07. The van der Waals surface area contributed by atoms with Crippen LogP contribution >= 0.6 is 11.8 Å². The van der Waals surface area contributed by atoms with E-state index in [2.05, 4.69) is 10.3 Å². The fourth-order valence-electron chi connectivity index (χ4n) is 4.52. The van der Waals surface area contributed by atoms with Crippen molar-refractivity contribution in [2.24, 2.45) is 9.98 Å². The Bertz CT molecular complexity index is 1080. The molecule has 2 atom stereocenters. The van der Waals surface area contributed by atoms with E-state index in [1.807, 2.05) is 12.3 Å². The number of nitrogens with one attached hydrogen (secondary N) is 1. The van der Waals surface area contributed by atoms with Gasteiger partial charge in [-0.05, 0) is 30.6 Å². The van der Waals surface area contributed by atoms with Crippen LogP contribution in [0.3, 0.4) is 0 Å². The van der Waals surface area contributed by atoms with Crippen LogP contribution in [0.2, 0.25) is 0 Å². The SMILES string of the molecule is O=C1C=C[C@@]23C[C@@H](Nc4c(O)c5c6c(c42)=NCCC=6C=N5)SC3=C1. The Morgan fingerprint density at radius 2 is 2.33 bits per heavy atom. The van der Waals surface area contributed by atoms with Gasteiger partial charge < -0.3 is 10.4 Å². The number of aromatic hydroxyl groups is 1. The number of fused-ring (bicyclic) bond motifs is 3. The molecule has 5 nitrogen and oxygen atoms in total. The summed E-state index contributed by atoms with van der Waals surface area (Å²) < 4.78 is 0. The third-order valence-electron chi connectivity index (χ3n) is 5.52. The highest BCUT2D eigenvalue weighted by molar-refractivity contribution is 8.04. The van der Waals surface area contributed by atoms with Gasteiger partial charge in [0.1, 0.15) is 5.69 Å². The van der Waals surface area contributed by atoms with Gasteiger partial charge in [0.15, 0.2) is 11.5 Å². The minimum atomic E-state index is -0.347. The van der Waals surface area contributed by atoms with Crippen molar-refractivity contribution in [1.29, 1.82) is 0 Å². The second-order valence-corrected chi connectivity index (χ2v) is 8.00. The number of ketones is 1. The van der Waals surface area contributed by atoms with Gasteiger partial charge in [-0.25, -0.2) is 0 Å². The highest BCUT2D eigenvalue weighted by Gasteiger charge is 2.52. The lowest BCUT2D eigenvalue weighted by atomic mass is 9.71. The number of hydrogen-bond acceptors (Lipinski definition) is 6. The van der Waals surface area contributed by atoms with E-state index in [4.69, 9.17) is 4.99 Å². The monoisotopic (exact) mass is 335 g/mol. The van der Waals surface area contributed by atoms with Crippen molar-refractivity contribution in [3.05, 3.63) is 39.3 Å². The molecule has 24 heavy (non-hydrogen) atoms. The van der Waals surface area contributed by atoms with E-state index in [9.17, 15) is 9.90 Å². The number of benzene rings is 1. The van der Waals surface area contributed by atoms with Gasteiger partial charge in [-0.2, -0.15) is 0 Å². The van der Waals surface area contributed by atoms with E-state index in [-0.39, 0.29) is 22.3 Å². The molecular weight excluding hydrogens is 322 g/mol. The molecule has 6 rings (SSSR count). The summed E-state index contributed by atoms with van der Waals surface area (Å²) in [7, 11) is 0. The average Bonchev–Trinajstić information content (AvgIpc) is 3.12. The minimum absolute atomic E-state index is 0.0313. The van der Waals surface area contributed by atoms with E-state index >= 15 is 0 Å². The predicted octanol–water partition coefficient (Wildman–Crippen LogP) is 1.43. The summed E-state index contributed by atoms with van der Waals surface area (Å²) in [4.78, 5) is 22.2. The van der Waals surface area contributed by atoms with Gasteiger partial charge in [0, 0.05) is 28.4 Å². The Morgan fingerprint density at radius 3 is 3.25 bits per heavy atom. The molecule has 0 saturated carbocycles. The molecule has 2 bridgehead atoms. The van der Waals surface area contributed by atoms with Crippen molar-refractivity contribution in [3.8, 4) is 5.75 Å². The summed E-state index contributed by atoms with van der Waals surface area (Å²) in [6.07, 6.45) is 8.99. The lowest BCUT2D eigenvalue weighted by molar-refractivity contribution is -0.110. The standard InChI is InChI=1S/C18H13N3O2S/c22-9-1-3-18-6-11(24-10(18)5-9)21-16-13(18)14-12-8(2-4-19-14)7-20-15(12)17(16)23/h1,3,5,7,11,21,23H,2,4,6H2/t11-,18-/m0/s1. The number of allylic oxidation sites excluding steroid dienone is 4. The van der Waals surface area contributed by atoms with Crippen molar-refractivity contribution in [2.45, 2.75) is 23.6 Å². The second kappa shape index (κ2) is 4.00. The Balaban J connectivity index is 1.81. The molecule has 118 valence electrons. The summed E-state index contributed by atoms with van der Waals surface area (Å²) in [5.74, 6) is 0.243. The predicted molar refractivity (Wildman–Crippen MR) is 93.5 cm³/mol. The largest absolute Gasteiger partial charge is 0.504 e. The number of hydrogen-bond donors (Lipinski definition) is 2. The smallest absolute Gasteiger partial charge is 0.179 e. The summed E-state index contributed by atoms with van der Waals surface area (Å²) in [5, 5.41) is 16.4. The molecule has 1 spiro atoms. The van der Waals surface area contributed by atoms with Crippen molar-refractivity contribution in [2.75, 3.05) is 11.9 Å². The molecule has 2 N–H and O–H groups in total. The van der Waals surface area contributed by atoms with Gasteiger partial charge >= 0.3 is 0 Å². The van der Waals surface area contributed by atoms with Crippen LogP contribution in [0.5, 0.6) is 5.75 Å². The van der Waals surface area contributed by atoms with Gasteiger partial charge in [0.2, 0.25) is 0 Å². The first-order valence-corrected chi connectivity index (χ1v) is 8.95. The topological polar surface area (TPSA) is 74.0 Å². The number of carbonyl (C=O) groups is 1. The molecule has 0 aromatic heterocycles. The lowest BCUT2D eigenvalue weighted by Gasteiger charge is -2.35. The number of nitrogens with zero attached hydrogens (tertiary/aromatic N) is 2. The quantitative estimate of drug-likeness (QED) is 0.704. The first kappa shape index (κ1) is 13.0. The Hall–Kier alpha value is -2.34. The number of aliphatic imine (C=N–C) groups is 1. The molecule has 6 heteroatoms. The van der Waals surface area contributed by atoms with Crippen LogP contribution in [0.15, 0.2) is 33.1 Å². The van der Waals surface area contributed by atoms with E-state index in [1.54, 1.807) is 23.9 Å². The number of thioether (sulfide) groups is 1. The summed E-state index contributed by atoms with van der Waals surface area (Å²) >= 11 is 1.68. The van der Waals surface area contributed by atoms with E-state index in [0.29, 0.717) is 5.69 Å². The maximum atomic E-state index is 11.9. The number of phenols is 1. The first-order chi connectivity index (χ1) is 11.7. The van der Waals surface area contributed by atoms with E-state index < -0.39 is 0 Å². The number of phenolic OH excluding ortho intramolecular Hbond substituents is 1. The fraction of sp³-hybridized carbons (Fsp3) is 0.278. The third kappa shape index (κ3) is 1.33. The van der Waals surface area contributed by atoms with Crippen LogP contribution < -0.4 is 15.9 Å². The molecule has 1 fully saturated rings. The molecule has 4 aliphatic heterocycles. The molecule has 1 aromatic rings. The minimum Gasteiger partial charge on any atom is -0.504 e. The molecule has 5 aliphatic rings. The van der Waals surface area contributed by atoms with E-state index in [0.717, 1.165) is 51.7 Å². The normalized spacial score (nSPS) is 30.3. The molecule has 0 unspecified atom stereocenters. The van der Waals surface area contributed by atoms with Crippen LogP contribution in [0.25, 0.3) is 5.57 Å². The Labute approximate surface area is 141 Å². The van der Waals surface area contributed by atoms with Crippen molar-refractivity contribution in [3.63, 3.8) is 0 Å². The van der Waals surface area contributed by atoms with Crippen LogP contribution in [-0.2, 0) is 10.2 Å². The molecular formula is C18H13N3O2S. The Kier molecular flexibility index (Phi) is 2.17. The molecule has 4 heterocycles. The molecule has 0 amide bonds. The third-order valence-corrected chi connectivity index (χ3v) is 6.82. The zero-order valence-electron chi connectivity index (χ0n) is 12.7. The summed E-state index contributed by atoms with van der Waals surface area (Å²) in [6, 6.07) is 0. The molecule has 1 aromatic carbocycles. The van der Waals surface area contributed by atoms with Gasteiger partial charge in [0.25, 0.3) is 0 Å². The van der Waals surface area contributed by atoms with Crippen molar-refractivity contribution in [1.82, 2.24) is 0 Å². The summed E-state index contributed by atoms with van der Waals surface area (Å²) in [5.41, 5.74) is 3.19. The van der Waals surface area contributed by atoms with Crippen LogP contribution in [0, 0.1) is 0 Å². The van der Waals surface area contributed by atoms with Crippen LogP contribution in [0.1, 0.15) is 18.4 Å². The summed E-state index contributed by atoms with van der Waals surface area (Å²) in [6.45, 7) is 0.735. The average molecular weight is 335 g/mol. The number of carbonyl (C=O) groups excluding carboxylic acids is 1. The maximum Gasteiger partial charge on any atom is 0.179 e. The van der Waals surface area contributed by atoms with Crippen molar-refractivity contribution < 1.29 is 9.90 Å².